The van der Waals surface area contributed by atoms with Crippen LogP contribution in [0.2, 0.25) is 0 Å². The summed E-state index contributed by atoms with van der Waals surface area (Å²) in [5.41, 5.74) is 0.946. The molecule has 24 heavy (non-hydrogen) atoms. The Kier molecular flexibility index (Phi) is 4.28. The van der Waals surface area contributed by atoms with Crippen LogP contribution in [0.4, 0.5) is 16.2 Å². The predicted molar refractivity (Wildman–Crippen MR) is 86.1 cm³/mol. The number of benzene rings is 1. The Labute approximate surface area is 138 Å². The lowest BCUT2D eigenvalue weighted by Gasteiger charge is -2.34. The maximum atomic E-state index is 12.5. The Hall–Kier alpha value is -2.77. The van der Waals surface area contributed by atoms with Crippen molar-refractivity contribution in [2.45, 2.75) is 13.3 Å². The first-order valence-corrected chi connectivity index (χ1v) is 7.78. The predicted octanol–water partition coefficient (Wildman–Crippen LogP) is 1.59. The number of carboxylic acid groups (broad SMARTS) is 1. The molecular weight excluding hydrogens is 314 g/mol. The van der Waals surface area contributed by atoms with Crippen LogP contribution in [0.25, 0.3) is 0 Å². The number of hydrogen-bond acceptors (Lipinski definition) is 4. The lowest BCUT2D eigenvalue weighted by Crippen LogP contribution is -2.47. The van der Waals surface area contributed by atoms with Crippen molar-refractivity contribution in [2.24, 2.45) is 11.8 Å². The van der Waals surface area contributed by atoms with Crippen LogP contribution in [0.3, 0.4) is 0 Å². The van der Waals surface area contributed by atoms with Gasteiger partial charge in [-0.25, -0.2) is 4.79 Å². The van der Waals surface area contributed by atoms with Crippen molar-refractivity contribution in [3.8, 4) is 5.75 Å². The molecule has 1 fully saturated rings. The summed E-state index contributed by atoms with van der Waals surface area (Å²) in [6, 6.07) is 4.69. The number of rotatable bonds is 2. The van der Waals surface area contributed by atoms with Crippen LogP contribution >= 0.6 is 0 Å². The second-order valence-electron chi connectivity index (χ2n) is 6.23. The summed E-state index contributed by atoms with van der Waals surface area (Å²) in [5.74, 6) is -1.17. The zero-order valence-electron chi connectivity index (χ0n) is 13.2. The van der Waals surface area contributed by atoms with Gasteiger partial charge < -0.3 is 25.4 Å². The van der Waals surface area contributed by atoms with Gasteiger partial charge in [0.05, 0.1) is 17.3 Å². The second-order valence-corrected chi connectivity index (χ2v) is 6.23. The molecule has 2 atom stereocenters. The van der Waals surface area contributed by atoms with Crippen molar-refractivity contribution in [3.63, 3.8) is 0 Å². The molecule has 0 aliphatic carbocycles. The minimum absolute atomic E-state index is 0.109. The molecule has 2 heterocycles. The molecule has 1 aromatic rings. The summed E-state index contributed by atoms with van der Waals surface area (Å²) in [5, 5.41) is 14.6. The molecule has 8 heteroatoms. The molecule has 3 amide bonds. The van der Waals surface area contributed by atoms with Gasteiger partial charge in [-0.2, -0.15) is 0 Å². The molecule has 1 aromatic carbocycles. The third-order valence-corrected chi connectivity index (χ3v) is 4.17. The van der Waals surface area contributed by atoms with Crippen molar-refractivity contribution >= 4 is 29.3 Å². The third kappa shape index (κ3) is 3.27. The van der Waals surface area contributed by atoms with Crippen LogP contribution in [0.15, 0.2) is 18.2 Å². The molecule has 2 unspecified atom stereocenters. The maximum Gasteiger partial charge on any atom is 0.321 e. The van der Waals surface area contributed by atoms with Crippen molar-refractivity contribution in [2.75, 3.05) is 30.3 Å². The SMILES string of the molecule is CC1CC(C(=O)O)CN(C(=O)Nc2cccc3c2OCC(=O)N3)C1. The van der Waals surface area contributed by atoms with E-state index in [9.17, 15) is 19.5 Å². The van der Waals surface area contributed by atoms with E-state index in [1.165, 1.54) is 4.90 Å². The number of para-hydroxylation sites is 1. The molecule has 8 nitrogen and oxygen atoms in total. The van der Waals surface area contributed by atoms with Crippen molar-refractivity contribution < 1.29 is 24.2 Å². The van der Waals surface area contributed by atoms with Gasteiger partial charge in [0.2, 0.25) is 0 Å². The Morgan fingerprint density at radius 1 is 1.38 bits per heavy atom. The maximum absolute atomic E-state index is 12.5. The monoisotopic (exact) mass is 333 g/mol. The Morgan fingerprint density at radius 2 is 2.17 bits per heavy atom. The Morgan fingerprint density at radius 3 is 2.92 bits per heavy atom. The topological polar surface area (TPSA) is 108 Å². The number of ether oxygens (including phenoxy) is 1. The smallest absolute Gasteiger partial charge is 0.321 e. The van der Waals surface area contributed by atoms with Crippen LogP contribution in [-0.4, -0.2) is 47.6 Å². The molecule has 1 saturated heterocycles. The molecule has 128 valence electrons. The first kappa shape index (κ1) is 16.1. The first-order chi connectivity index (χ1) is 11.4. The lowest BCUT2D eigenvalue weighted by atomic mass is 9.91. The van der Waals surface area contributed by atoms with Crippen molar-refractivity contribution in [3.05, 3.63) is 18.2 Å². The fraction of sp³-hybridized carbons (Fsp3) is 0.438. The van der Waals surface area contributed by atoms with E-state index in [-0.39, 0.29) is 31.0 Å². The fourth-order valence-corrected chi connectivity index (χ4v) is 3.10. The summed E-state index contributed by atoms with van der Waals surface area (Å²) in [4.78, 5) is 36.6. The summed E-state index contributed by atoms with van der Waals surface area (Å²) in [7, 11) is 0. The number of fused-ring (bicyclic) bond motifs is 1. The van der Waals surface area contributed by atoms with E-state index in [0.29, 0.717) is 30.1 Å². The third-order valence-electron chi connectivity index (χ3n) is 4.17. The van der Waals surface area contributed by atoms with Gasteiger partial charge in [0.25, 0.3) is 5.91 Å². The average molecular weight is 333 g/mol. The average Bonchev–Trinajstić information content (AvgIpc) is 2.54. The van der Waals surface area contributed by atoms with Crippen LogP contribution in [0, 0.1) is 11.8 Å². The van der Waals surface area contributed by atoms with Crippen LogP contribution < -0.4 is 15.4 Å². The van der Waals surface area contributed by atoms with Crippen LogP contribution in [-0.2, 0) is 9.59 Å². The summed E-state index contributed by atoms with van der Waals surface area (Å²) < 4.78 is 5.40. The van der Waals surface area contributed by atoms with E-state index in [1.807, 2.05) is 6.92 Å². The first-order valence-electron chi connectivity index (χ1n) is 7.78. The van der Waals surface area contributed by atoms with E-state index in [0.717, 1.165) is 0 Å². The largest absolute Gasteiger partial charge is 0.481 e. The molecule has 3 rings (SSSR count). The number of amides is 3. The van der Waals surface area contributed by atoms with Gasteiger partial charge >= 0.3 is 12.0 Å². The number of carbonyl (C=O) groups is 3. The second kappa shape index (κ2) is 6.38. The summed E-state index contributed by atoms with van der Waals surface area (Å²) >= 11 is 0. The molecule has 0 aromatic heterocycles. The minimum atomic E-state index is -0.887. The van der Waals surface area contributed by atoms with E-state index in [2.05, 4.69) is 10.6 Å². The normalized spacial score (nSPS) is 22.9. The number of piperidine rings is 1. The van der Waals surface area contributed by atoms with Crippen molar-refractivity contribution in [1.29, 1.82) is 0 Å². The molecule has 0 radical (unpaired) electrons. The number of hydrogen-bond donors (Lipinski definition) is 3. The van der Waals surface area contributed by atoms with E-state index in [4.69, 9.17) is 4.74 Å². The number of likely N-dealkylation sites (tertiary alicyclic amines) is 1. The highest BCUT2D eigenvalue weighted by atomic mass is 16.5. The highest BCUT2D eigenvalue weighted by Crippen LogP contribution is 2.35. The quantitative estimate of drug-likeness (QED) is 0.762. The zero-order chi connectivity index (χ0) is 17.3. The van der Waals surface area contributed by atoms with Gasteiger partial charge in [0, 0.05) is 13.1 Å². The number of carbonyl (C=O) groups excluding carboxylic acids is 2. The number of aliphatic carboxylic acids is 1. The molecule has 0 spiro atoms. The number of anilines is 2. The number of carboxylic acids is 1. The molecule has 2 aliphatic heterocycles. The molecule has 3 N–H and O–H groups in total. The van der Waals surface area contributed by atoms with Gasteiger partial charge in [0.1, 0.15) is 0 Å². The van der Waals surface area contributed by atoms with Crippen LogP contribution in [0.5, 0.6) is 5.75 Å². The Bertz CT molecular complexity index is 690. The molecule has 2 aliphatic rings. The van der Waals surface area contributed by atoms with Crippen molar-refractivity contribution in [1.82, 2.24) is 4.90 Å². The van der Waals surface area contributed by atoms with E-state index >= 15 is 0 Å². The van der Waals surface area contributed by atoms with Crippen LogP contribution in [0.1, 0.15) is 13.3 Å². The summed E-state index contributed by atoms with van der Waals surface area (Å²) in [6.45, 7) is 2.50. The van der Waals surface area contributed by atoms with Gasteiger partial charge in [-0.3, -0.25) is 9.59 Å². The van der Waals surface area contributed by atoms with Gasteiger partial charge in [-0.15, -0.1) is 0 Å². The molecule has 0 bridgehead atoms. The number of nitrogens with zero attached hydrogens (tertiary/aromatic N) is 1. The van der Waals surface area contributed by atoms with Gasteiger partial charge in [-0.05, 0) is 24.5 Å². The fourth-order valence-electron chi connectivity index (χ4n) is 3.10. The van der Waals surface area contributed by atoms with E-state index < -0.39 is 11.9 Å². The summed E-state index contributed by atoms with van der Waals surface area (Å²) in [6.07, 6.45) is 0.564. The number of nitrogens with one attached hydrogen (secondary N) is 2. The highest BCUT2D eigenvalue weighted by Gasteiger charge is 2.32. The highest BCUT2D eigenvalue weighted by molar-refractivity contribution is 5.99. The molecular formula is C16H19N3O5. The van der Waals surface area contributed by atoms with E-state index in [1.54, 1.807) is 18.2 Å². The van der Waals surface area contributed by atoms with Gasteiger partial charge in [-0.1, -0.05) is 13.0 Å². The lowest BCUT2D eigenvalue weighted by molar-refractivity contribution is -0.143. The Balaban J connectivity index is 1.74. The zero-order valence-corrected chi connectivity index (χ0v) is 13.2. The standard InChI is InChI=1S/C16H19N3O5/c1-9-5-10(15(21)22)7-19(6-9)16(23)18-12-4-2-3-11-14(12)24-8-13(20)17-11/h2-4,9-10H,5-8H2,1H3,(H,17,20)(H,18,23)(H,21,22). The minimum Gasteiger partial charge on any atom is -0.481 e. The number of urea groups is 1. The van der Waals surface area contributed by atoms with Gasteiger partial charge in [0.15, 0.2) is 12.4 Å². The molecule has 0 saturated carbocycles.